The third-order valence-corrected chi connectivity index (χ3v) is 4.93. The van der Waals surface area contributed by atoms with Crippen LogP contribution >= 0.6 is 0 Å². The van der Waals surface area contributed by atoms with Gasteiger partial charge in [0.15, 0.2) is 5.82 Å². The first-order chi connectivity index (χ1) is 11.7. The molecule has 1 unspecified atom stereocenters. The second-order valence-electron chi connectivity index (χ2n) is 5.70. The number of hydrogen-bond donors (Lipinski definition) is 2. The fourth-order valence-corrected chi connectivity index (χ4v) is 3.21. The number of carbonyl (C=O) groups is 1. The van der Waals surface area contributed by atoms with Crippen molar-refractivity contribution in [1.82, 2.24) is 20.8 Å². The van der Waals surface area contributed by atoms with Gasteiger partial charge in [0.1, 0.15) is 0 Å². The monoisotopic (exact) mass is 348 g/mol. The second kappa shape index (κ2) is 8.05. The lowest BCUT2D eigenvalue weighted by atomic mass is 10.2. The number of nitrogens with zero attached hydrogens (tertiary/aromatic N) is 2. The molecule has 0 spiro atoms. The van der Waals surface area contributed by atoms with Gasteiger partial charge in [-0.15, -0.1) is 0 Å². The maximum Gasteiger partial charge on any atom is 0.315 e. The Morgan fingerprint density at radius 3 is 2.79 bits per heavy atom. The first-order valence-corrected chi connectivity index (χ1v) is 9.42. The molecule has 1 aliphatic carbocycles. The molecule has 0 aliphatic heterocycles. The molecule has 2 amide bonds. The van der Waals surface area contributed by atoms with Gasteiger partial charge in [-0.05, 0) is 18.4 Å². The first kappa shape index (κ1) is 16.6. The molecule has 0 saturated heterocycles. The van der Waals surface area contributed by atoms with Crippen molar-refractivity contribution in [3.8, 4) is 0 Å². The number of benzene rings is 1. The number of hydrogen-bond acceptors (Lipinski definition) is 5. The molecule has 0 radical (unpaired) electrons. The fourth-order valence-electron chi connectivity index (χ4n) is 2.18. The molecular weight excluding hydrogens is 328 g/mol. The lowest BCUT2D eigenvalue weighted by Gasteiger charge is -2.06. The summed E-state index contributed by atoms with van der Waals surface area (Å²) in [4.78, 5) is 15.9. The summed E-state index contributed by atoms with van der Waals surface area (Å²) < 4.78 is 17.0. The maximum absolute atomic E-state index is 12.0. The Hall–Kier alpha value is -2.22. The first-order valence-electron chi connectivity index (χ1n) is 7.94. The molecule has 8 heteroatoms. The van der Waals surface area contributed by atoms with Crippen molar-refractivity contribution in [3.63, 3.8) is 0 Å². The molecule has 1 saturated carbocycles. The van der Waals surface area contributed by atoms with Crippen LogP contribution in [0.15, 0.2) is 34.9 Å². The van der Waals surface area contributed by atoms with E-state index in [4.69, 9.17) is 4.52 Å². The van der Waals surface area contributed by atoms with E-state index in [1.165, 1.54) is 0 Å². The number of rotatable bonds is 8. The van der Waals surface area contributed by atoms with Crippen LogP contribution in [0.25, 0.3) is 0 Å². The van der Waals surface area contributed by atoms with Crippen LogP contribution in [0.4, 0.5) is 4.79 Å². The maximum atomic E-state index is 12.0. The van der Waals surface area contributed by atoms with E-state index in [0.717, 1.165) is 24.2 Å². The van der Waals surface area contributed by atoms with Crippen LogP contribution in [-0.2, 0) is 23.1 Å². The van der Waals surface area contributed by atoms with Crippen LogP contribution in [0.2, 0.25) is 0 Å². The van der Waals surface area contributed by atoms with Gasteiger partial charge in [0.25, 0.3) is 0 Å². The molecule has 24 heavy (non-hydrogen) atoms. The summed E-state index contributed by atoms with van der Waals surface area (Å²) in [6.07, 6.45) is 2.21. The summed E-state index contributed by atoms with van der Waals surface area (Å²) in [5, 5.41) is 9.21. The second-order valence-corrected chi connectivity index (χ2v) is 7.28. The van der Waals surface area contributed by atoms with Crippen LogP contribution in [-0.4, -0.2) is 32.7 Å². The highest BCUT2D eigenvalue weighted by Gasteiger charge is 2.28. The Bertz CT molecular complexity index is 700. The van der Waals surface area contributed by atoms with Crippen molar-refractivity contribution in [1.29, 1.82) is 0 Å². The van der Waals surface area contributed by atoms with E-state index in [-0.39, 0.29) is 12.6 Å². The normalized spacial score (nSPS) is 15.0. The fraction of sp³-hybridized carbons (Fsp3) is 0.438. The Morgan fingerprint density at radius 1 is 1.25 bits per heavy atom. The van der Waals surface area contributed by atoms with Crippen molar-refractivity contribution < 1.29 is 13.5 Å². The molecule has 1 aliphatic rings. The molecule has 0 bridgehead atoms. The predicted octanol–water partition coefficient (Wildman–Crippen LogP) is 1.70. The summed E-state index contributed by atoms with van der Waals surface area (Å²) >= 11 is 0. The van der Waals surface area contributed by atoms with Gasteiger partial charge >= 0.3 is 6.03 Å². The highest BCUT2D eigenvalue weighted by molar-refractivity contribution is 7.84. The molecule has 7 nitrogen and oxygen atoms in total. The minimum Gasteiger partial charge on any atom is -0.337 e. The van der Waals surface area contributed by atoms with Gasteiger partial charge in [0.2, 0.25) is 5.89 Å². The van der Waals surface area contributed by atoms with Crippen LogP contribution in [0.1, 0.15) is 36.0 Å². The largest absolute Gasteiger partial charge is 0.337 e. The van der Waals surface area contributed by atoms with Crippen LogP contribution in [0.3, 0.4) is 0 Å². The summed E-state index contributed by atoms with van der Waals surface area (Å²) in [7, 11) is -1.01. The van der Waals surface area contributed by atoms with Crippen molar-refractivity contribution in [2.75, 3.05) is 12.3 Å². The van der Waals surface area contributed by atoms with E-state index in [1.54, 1.807) is 0 Å². The van der Waals surface area contributed by atoms with Crippen molar-refractivity contribution in [2.24, 2.45) is 0 Å². The van der Waals surface area contributed by atoms with E-state index < -0.39 is 10.8 Å². The summed E-state index contributed by atoms with van der Waals surface area (Å²) in [6, 6.07) is 9.32. The van der Waals surface area contributed by atoms with Crippen molar-refractivity contribution >= 4 is 16.8 Å². The highest BCUT2D eigenvalue weighted by Crippen LogP contribution is 2.37. The molecule has 1 heterocycles. The molecule has 1 aromatic carbocycles. The lowest BCUT2D eigenvalue weighted by Crippen LogP contribution is -2.37. The predicted molar refractivity (Wildman–Crippen MR) is 89.7 cm³/mol. The van der Waals surface area contributed by atoms with Gasteiger partial charge in [0, 0.05) is 34.8 Å². The Kier molecular flexibility index (Phi) is 5.58. The number of amides is 2. The van der Waals surface area contributed by atoms with Gasteiger partial charge in [0.05, 0.1) is 6.54 Å². The van der Waals surface area contributed by atoms with Gasteiger partial charge in [-0.1, -0.05) is 35.5 Å². The summed E-state index contributed by atoms with van der Waals surface area (Å²) in [6.45, 7) is 0.543. The summed E-state index contributed by atoms with van der Waals surface area (Å²) in [5.41, 5.74) is 1.03. The Labute approximate surface area is 142 Å². The molecule has 1 atom stereocenters. The number of carbonyl (C=O) groups excluding carboxylic acids is 1. The summed E-state index contributed by atoms with van der Waals surface area (Å²) in [5.74, 6) is 2.46. The zero-order valence-corrected chi connectivity index (χ0v) is 14.1. The topological polar surface area (TPSA) is 97.1 Å². The average Bonchev–Trinajstić information content (AvgIpc) is 3.32. The van der Waals surface area contributed by atoms with E-state index in [0.29, 0.717) is 29.9 Å². The molecule has 1 fully saturated rings. The Morgan fingerprint density at radius 2 is 2.04 bits per heavy atom. The third-order valence-electron chi connectivity index (χ3n) is 3.61. The average molecular weight is 348 g/mol. The molecule has 128 valence electrons. The van der Waals surface area contributed by atoms with E-state index in [9.17, 15) is 9.00 Å². The minimum atomic E-state index is -1.01. The highest BCUT2D eigenvalue weighted by atomic mass is 32.2. The smallest absolute Gasteiger partial charge is 0.315 e. The molecule has 2 aromatic rings. The molecular formula is C16H20N4O3S. The lowest BCUT2D eigenvalue weighted by molar-refractivity contribution is 0.239. The van der Waals surface area contributed by atoms with Gasteiger partial charge in [-0.25, -0.2) is 4.79 Å². The molecule has 3 rings (SSSR count). The number of urea groups is 1. The third kappa shape index (κ3) is 5.16. The number of nitrogens with one attached hydrogen (secondary N) is 2. The van der Waals surface area contributed by atoms with Gasteiger partial charge in [-0.2, -0.15) is 4.98 Å². The Balaban J connectivity index is 1.31. The van der Waals surface area contributed by atoms with Gasteiger partial charge < -0.3 is 15.2 Å². The van der Waals surface area contributed by atoms with E-state index >= 15 is 0 Å². The standard InChI is InChI=1S/C16H20N4O3S/c21-16(18-10-14-19-15(20-23-14)13-6-7-13)17-8-9-24(22)11-12-4-2-1-3-5-12/h1-5,13H,6-11H2,(H2,17,18,21). The molecule has 2 N–H and O–H groups in total. The quantitative estimate of drug-likeness (QED) is 0.757. The van der Waals surface area contributed by atoms with E-state index in [2.05, 4.69) is 20.8 Å². The van der Waals surface area contributed by atoms with E-state index in [1.807, 2.05) is 30.3 Å². The number of aromatic nitrogens is 2. The SMILES string of the molecule is O=C(NCCS(=O)Cc1ccccc1)NCc1nc(C2CC2)no1. The minimum absolute atomic E-state index is 0.193. The zero-order chi connectivity index (χ0) is 16.8. The van der Waals surface area contributed by atoms with Crippen LogP contribution in [0.5, 0.6) is 0 Å². The van der Waals surface area contributed by atoms with Crippen molar-refractivity contribution in [3.05, 3.63) is 47.6 Å². The zero-order valence-electron chi connectivity index (χ0n) is 13.2. The van der Waals surface area contributed by atoms with Crippen LogP contribution in [0, 0.1) is 0 Å². The molecule has 1 aromatic heterocycles. The van der Waals surface area contributed by atoms with Crippen LogP contribution < -0.4 is 10.6 Å². The van der Waals surface area contributed by atoms with Crippen molar-refractivity contribution in [2.45, 2.75) is 31.1 Å². The van der Waals surface area contributed by atoms with Gasteiger partial charge in [-0.3, -0.25) is 4.21 Å².